The van der Waals surface area contributed by atoms with Crippen molar-refractivity contribution in [1.29, 1.82) is 0 Å². The topological polar surface area (TPSA) is 102 Å². The van der Waals surface area contributed by atoms with Gasteiger partial charge >= 0.3 is 6.03 Å². The molecule has 0 radical (unpaired) electrons. The van der Waals surface area contributed by atoms with Crippen LogP contribution in [0.4, 0.5) is 4.79 Å². The fourth-order valence-electron chi connectivity index (χ4n) is 2.14. The summed E-state index contributed by atoms with van der Waals surface area (Å²) in [6.07, 6.45) is -0.627. The summed E-state index contributed by atoms with van der Waals surface area (Å²) in [6.45, 7) is 1.70. The van der Waals surface area contributed by atoms with E-state index in [2.05, 4.69) is 5.32 Å². The maximum atomic E-state index is 11.9. The van der Waals surface area contributed by atoms with Gasteiger partial charge in [-0.1, -0.05) is 12.2 Å². The lowest BCUT2D eigenvalue weighted by Gasteiger charge is -2.28. The van der Waals surface area contributed by atoms with Gasteiger partial charge in [-0.3, -0.25) is 4.90 Å². The Labute approximate surface area is 105 Å². The summed E-state index contributed by atoms with van der Waals surface area (Å²) >= 11 is 0. The van der Waals surface area contributed by atoms with Crippen LogP contribution >= 0.6 is 0 Å². The molecule has 18 heavy (non-hydrogen) atoms. The van der Waals surface area contributed by atoms with E-state index >= 15 is 0 Å². The lowest BCUT2D eigenvalue weighted by atomic mass is 10.1. The van der Waals surface area contributed by atoms with Crippen molar-refractivity contribution in [2.45, 2.75) is 37.5 Å². The Morgan fingerprint density at radius 1 is 1.50 bits per heavy atom. The fourth-order valence-corrected chi connectivity index (χ4v) is 2.14. The molecule has 4 N–H and O–H groups in total. The second kappa shape index (κ2) is 5.23. The molecule has 0 unspecified atom stereocenters. The standard InChI is InChI=1S/C11H18N2O5/c1-6-3-2-4-13(11(17)12-6)10-9(16)8(15)7(5-14)18-10/h2-3,6-10,14-16H,4-5H2,1H3,(H,12,17)/t6-,7-,8-,9-,10-/m1/s1. The molecule has 1 saturated heterocycles. The molecule has 1 fully saturated rings. The monoisotopic (exact) mass is 258 g/mol. The number of hydrogen-bond donors (Lipinski definition) is 4. The van der Waals surface area contributed by atoms with E-state index in [9.17, 15) is 15.0 Å². The molecule has 7 heteroatoms. The first-order chi connectivity index (χ1) is 8.54. The molecule has 7 nitrogen and oxygen atoms in total. The Morgan fingerprint density at radius 2 is 2.22 bits per heavy atom. The molecule has 0 spiro atoms. The Kier molecular flexibility index (Phi) is 3.86. The number of carbonyl (C=O) groups excluding carboxylic acids is 1. The number of aliphatic hydroxyl groups is 3. The molecule has 0 aromatic rings. The number of carbonyl (C=O) groups is 1. The number of nitrogens with zero attached hydrogens (tertiary/aromatic N) is 1. The van der Waals surface area contributed by atoms with E-state index in [-0.39, 0.29) is 18.6 Å². The third kappa shape index (κ3) is 2.35. The molecule has 5 atom stereocenters. The zero-order chi connectivity index (χ0) is 13.3. The molecule has 102 valence electrons. The molecular formula is C11H18N2O5. The highest BCUT2D eigenvalue weighted by Gasteiger charge is 2.46. The molecule has 0 aromatic heterocycles. The van der Waals surface area contributed by atoms with Crippen molar-refractivity contribution < 1.29 is 24.9 Å². The molecule has 0 aliphatic carbocycles. The van der Waals surface area contributed by atoms with Crippen LogP contribution < -0.4 is 5.32 Å². The van der Waals surface area contributed by atoms with E-state index in [4.69, 9.17) is 9.84 Å². The fraction of sp³-hybridized carbons (Fsp3) is 0.727. The van der Waals surface area contributed by atoms with Gasteiger partial charge in [0.15, 0.2) is 6.23 Å². The number of aliphatic hydroxyl groups excluding tert-OH is 3. The van der Waals surface area contributed by atoms with Crippen molar-refractivity contribution in [3.05, 3.63) is 12.2 Å². The highest BCUT2D eigenvalue weighted by Crippen LogP contribution is 2.24. The van der Waals surface area contributed by atoms with E-state index < -0.39 is 31.1 Å². The van der Waals surface area contributed by atoms with Crippen LogP contribution in [-0.4, -0.2) is 70.0 Å². The summed E-state index contributed by atoms with van der Waals surface area (Å²) in [5.41, 5.74) is 0. The van der Waals surface area contributed by atoms with Gasteiger partial charge in [-0.2, -0.15) is 0 Å². The van der Waals surface area contributed by atoms with Crippen LogP contribution in [0.5, 0.6) is 0 Å². The quantitative estimate of drug-likeness (QED) is 0.447. The second-order valence-corrected chi connectivity index (χ2v) is 4.55. The summed E-state index contributed by atoms with van der Waals surface area (Å²) in [4.78, 5) is 13.2. The van der Waals surface area contributed by atoms with Crippen molar-refractivity contribution in [3.8, 4) is 0 Å². The van der Waals surface area contributed by atoms with Crippen molar-refractivity contribution in [3.63, 3.8) is 0 Å². The predicted octanol–water partition coefficient (Wildman–Crippen LogP) is -1.60. The van der Waals surface area contributed by atoms with Gasteiger partial charge in [0.1, 0.15) is 18.3 Å². The highest BCUT2D eigenvalue weighted by molar-refractivity contribution is 5.75. The number of urea groups is 1. The van der Waals surface area contributed by atoms with Crippen LogP contribution in [-0.2, 0) is 4.74 Å². The van der Waals surface area contributed by atoms with Gasteiger partial charge in [-0.25, -0.2) is 4.79 Å². The highest BCUT2D eigenvalue weighted by atomic mass is 16.6. The number of rotatable bonds is 2. The summed E-state index contributed by atoms with van der Waals surface area (Å²) in [5.74, 6) is 0. The van der Waals surface area contributed by atoms with Gasteiger partial charge in [-0.15, -0.1) is 0 Å². The lowest BCUT2D eigenvalue weighted by molar-refractivity contribution is -0.0757. The van der Waals surface area contributed by atoms with Crippen molar-refractivity contribution in [1.82, 2.24) is 10.2 Å². The van der Waals surface area contributed by atoms with E-state index in [0.29, 0.717) is 0 Å². The van der Waals surface area contributed by atoms with E-state index in [0.717, 1.165) is 0 Å². The van der Waals surface area contributed by atoms with Crippen molar-refractivity contribution >= 4 is 6.03 Å². The van der Waals surface area contributed by atoms with Gasteiger partial charge in [0.2, 0.25) is 0 Å². The minimum Gasteiger partial charge on any atom is -0.394 e. The van der Waals surface area contributed by atoms with E-state index in [1.165, 1.54) is 4.90 Å². The van der Waals surface area contributed by atoms with Crippen LogP contribution in [0.25, 0.3) is 0 Å². The van der Waals surface area contributed by atoms with Gasteiger partial charge in [0.05, 0.1) is 6.61 Å². The third-order valence-electron chi connectivity index (χ3n) is 3.16. The Hall–Kier alpha value is -1.15. The van der Waals surface area contributed by atoms with Crippen molar-refractivity contribution in [2.24, 2.45) is 0 Å². The number of nitrogens with one attached hydrogen (secondary N) is 1. The Balaban J connectivity index is 2.11. The smallest absolute Gasteiger partial charge is 0.320 e. The van der Waals surface area contributed by atoms with E-state index in [1.54, 1.807) is 6.08 Å². The molecule has 2 aliphatic heterocycles. The average Bonchev–Trinajstić information content (AvgIpc) is 2.51. The van der Waals surface area contributed by atoms with Crippen LogP contribution in [0.3, 0.4) is 0 Å². The molecule has 2 aliphatic rings. The zero-order valence-electron chi connectivity index (χ0n) is 10.1. The van der Waals surface area contributed by atoms with Crippen LogP contribution in [0.1, 0.15) is 6.92 Å². The number of amides is 2. The lowest BCUT2D eigenvalue weighted by Crippen LogP contribution is -2.51. The number of ether oxygens (including phenoxy) is 1. The zero-order valence-corrected chi connectivity index (χ0v) is 10.1. The predicted molar refractivity (Wildman–Crippen MR) is 61.6 cm³/mol. The van der Waals surface area contributed by atoms with E-state index in [1.807, 2.05) is 13.0 Å². The average molecular weight is 258 g/mol. The summed E-state index contributed by atoms with van der Waals surface area (Å²) < 4.78 is 5.32. The van der Waals surface area contributed by atoms with Gasteiger partial charge < -0.3 is 25.4 Å². The number of hydrogen-bond acceptors (Lipinski definition) is 5. The molecule has 2 amide bonds. The van der Waals surface area contributed by atoms with Crippen LogP contribution in [0.2, 0.25) is 0 Å². The first kappa shape index (κ1) is 13.3. The maximum absolute atomic E-state index is 11.9. The third-order valence-corrected chi connectivity index (χ3v) is 3.16. The minimum absolute atomic E-state index is 0.0976. The van der Waals surface area contributed by atoms with Gasteiger partial charge in [0, 0.05) is 12.6 Å². The molecular weight excluding hydrogens is 240 g/mol. The van der Waals surface area contributed by atoms with Crippen molar-refractivity contribution in [2.75, 3.05) is 13.2 Å². The molecule has 0 saturated carbocycles. The first-order valence-electron chi connectivity index (χ1n) is 5.91. The first-order valence-corrected chi connectivity index (χ1v) is 5.91. The minimum atomic E-state index is -1.23. The Morgan fingerprint density at radius 3 is 2.83 bits per heavy atom. The summed E-state index contributed by atoms with van der Waals surface area (Å²) in [6, 6.07) is -0.470. The molecule has 2 rings (SSSR count). The normalized spacial score (nSPS) is 40.8. The molecule has 2 heterocycles. The molecule has 0 aromatic carbocycles. The largest absolute Gasteiger partial charge is 0.394 e. The SMILES string of the molecule is C[C@@H]1C=CCN([C@@H]2O[C@H](CO)[C@@H](O)[C@H]2O)C(=O)N1. The Bertz CT molecular complexity index is 348. The summed E-state index contributed by atoms with van der Waals surface area (Å²) in [7, 11) is 0. The second-order valence-electron chi connectivity index (χ2n) is 4.55. The van der Waals surface area contributed by atoms with Crippen LogP contribution in [0.15, 0.2) is 12.2 Å². The van der Waals surface area contributed by atoms with Crippen LogP contribution in [0, 0.1) is 0 Å². The summed E-state index contributed by atoms with van der Waals surface area (Å²) in [5, 5.41) is 31.2. The maximum Gasteiger partial charge on any atom is 0.320 e. The molecule has 0 bridgehead atoms. The van der Waals surface area contributed by atoms with Gasteiger partial charge in [-0.05, 0) is 6.92 Å². The van der Waals surface area contributed by atoms with Gasteiger partial charge in [0.25, 0.3) is 0 Å².